The topological polar surface area (TPSA) is 38.3 Å². The number of nitrogens with one attached hydrogen (secondary N) is 1. The summed E-state index contributed by atoms with van der Waals surface area (Å²) in [6.07, 6.45) is -0.137. The van der Waals surface area contributed by atoms with E-state index in [1.807, 2.05) is 44.2 Å². The largest absolute Gasteiger partial charge is 0.481 e. The summed E-state index contributed by atoms with van der Waals surface area (Å²) in [5.74, 6) is 0.783. The van der Waals surface area contributed by atoms with Gasteiger partial charge in [-0.2, -0.15) is 0 Å². The highest BCUT2D eigenvalue weighted by atomic mass is 32.2. The molecule has 5 heteroatoms. The molecule has 29 heavy (non-hydrogen) atoms. The van der Waals surface area contributed by atoms with E-state index in [9.17, 15) is 9.18 Å². The number of carbonyl (C=O) groups is 1. The standard InChI is InChI=1S/C24H24FNO2S/c1-3-23(28-20-12-10-19(25)11-13-20)24(27)26-22-14-9-18(15-17(22)2)16-29-21-7-5-4-6-8-21/h4-15,23H,3,16H2,1-2H3,(H,26,27)/t23-/m0/s1. The number of benzene rings is 3. The molecule has 0 aliphatic heterocycles. The van der Waals surface area contributed by atoms with E-state index in [1.54, 1.807) is 11.8 Å². The molecule has 0 radical (unpaired) electrons. The fraction of sp³-hybridized carbons (Fsp3) is 0.208. The Kier molecular flexibility index (Phi) is 7.30. The Morgan fingerprint density at radius 1 is 1.07 bits per heavy atom. The van der Waals surface area contributed by atoms with Crippen LogP contribution in [0.25, 0.3) is 0 Å². The number of ether oxygens (including phenoxy) is 1. The molecule has 3 nitrogen and oxygen atoms in total. The highest BCUT2D eigenvalue weighted by molar-refractivity contribution is 7.98. The maximum Gasteiger partial charge on any atom is 0.265 e. The van der Waals surface area contributed by atoms with Crippen molar-refractivity contribution >= 4 is 23.4 Å². The highest BCUT2D eigenvalue weighted by Crippen LogP contribution is 2.25. The first-order valence-corrected chi connectivity index (χ1v) is 10.5. The third kappa shape index (κ3) is 6.09. The van der Waals surface area contributed by atoms with Gasteiger partial charge in [0.25, 0.3) is 5.91 Å². The van der Waals surface area contributed by atoms with Crippen molar-refractivity contribution in [1.29, 1.82) is 0 Å². The van der Waals surface area contributed by atoms with E-state index in [4.69, 9.17) is 4.74 Å². The second kappa shape index (κ2) is 10.1. The minimum absolute atomic E-state index is 0.216. The van der Waals surface area contributed by atoms with Crippen LogP contribution in [0.2, 0.25) is 0 Å². The van der Waals surface area contributed by atoms with Crippen molar-refractivity contribution in [1.82, 2.24) is 0 Å². The van der Waals surface area contributed by atoms with E-state index in [-0.39, 0.29) is 11.7 Å². The highest BCUT2D eigenvalue weighted by Gasteiger charge is 2.19. The van der Waals surface area contributed by atoms with Gasteiger partial charge in [0.05, 0.1) is 0 Å². The van der Waals surface area contributed by atoms with Crippen LogP contribution in [0.4, 0.5) is 10.1 Å². The Hall–Kier alpha value is -2.79. The molecule has 3 rings (SSSR count). The number of aryl methyl sites for hydroxylation is 1. The lowest BCUT2D eigenvalue weighted by Gasteiger charge is -2.18. The summed E-state index contributed by atoms with van der Waals surface area (Å²) in [7, 11) is 0. The lowest BCUT2D eigenvalue weighted by atomic mass is 10.1. The third-order valence-electron chi connectivity index (χ3n) is 4.45. The SMILES string of the molecule is CC[C@H](Oc1ccc(F)cc1)C(=O)Nc1ccc(CSc2ccccc2)cc1C. The van der Waals surface area contributed by atoms with Gasteiger partial charge in [0.2, 0.25) is 0 Å². The third-order valence-corrected chi connectivity index (χ3v) is 5.54. The van der Waals surface area contributed by atoms with Gasteiger partial charge in [-0.15, -0.1) is 11.8 Å². The summed E-state index contributed by atoms with van der Waals surface area (Å²) in [6, 6.07) is 22.0. The molecule has 3 aromatic carbocycles. The molecule has 150 valence electrons. The van der Waals surface area contributed by atoms with Crippen molar-refractivity contribution < 1.29 is 13.9 Å². The van der Waals surface area contributed by atoms with Gasteiger partial charge in [-0.1, -0.05) is 37.3 Å². The fourth-order valence-corrected chi connectivity index (χ4v) is 3.71. The maximum absolute atomic E-state index is 13.0. The molecule has 1 N–H and O–H groups in total. The number of rotatable bonds is 8. The van der Waals surface area contributed by atoms with Gasteiger partial charge in [-0.05, 0) is 66.9 Å². The molecule has 3 aromatic rings. The van der Waals surface area contributed by atoms with Gasteiger partial charge in [-0.25, -0.2) is 4.39 Å². The van der Waals surface area contributed by atoms with Gasteiger partial charge in [0, 0.05) is 16.3 Å². The first-order valence-electron chi connectivity index (χ1n) is 9.55. The zero-order valence-electron chi connectivity index (χ0n) is 16.5. The van der Waals surface area contributed by atoms with Gasteiger partial charge < -0.3 is 10.1 Å². The van der Waals surface area contributed by atoms with E-state index in [0.29, 0.717) is 12.2 Å². The predicted molar refractivity (Wildman–Crippen MR) is 117 cm³/mol. The molecule has 0 aliphatic rings. The first-order chi connectivity index (χ1) is 14.0. The lowest BCUT2D eigenvalue weighted by molar-refractivity contribution is -0.122. The van der Waals surface area contributed by atoms with Crippen LogP contribution in [0, 0.1) is 12.7 Å². The Balaban J connectivity index is 1.60. The summed E-state index contributed by atoms with van der Waals surface area (Å²) in [5.41, 5.74) is 2.97. The molecule has 0 spiro atoms. The quantitative estimate of drug-likeness (QED) is 0.449. The zero-order valence-corrected chi connectivity index (χ0v) is 17.3. The number of halogens is 1. The van der Waals surface area contributed by atoms with Crippen molar-refractivity contribution in [3.05, 3.63) is 89.7 Å². The van der Waals surface area contributed by atoms with Gasteiger partial charge in [0.15, 0.2) is 6.10 Å². The van der Waals surface area contributed by atoms with E-state index < -0.39 is 6.10 Å². The summed E-state index contributed by atoms with van der Waals surface area (Å²) in [4.78, 5) is 13.9. The number of amides is 1. The molecule has 0 saturated heterocycles. The van der Waals surface area contributed by atoms with Crippen LogP contribution in [-0.2, 0) is 10.5 Å². The van der Waals surface area contributed by atoms with Crippen LogP contribution in [0.1, 0.15) is 24.5 Å². The average molecular weight is 410 g/mol. The maximum atomic E-state index is 13.0. The minimum atomic E-state index is -0.645. The second-order valence-electron chi connectivity index (χ2n) is 6.71. The Morgan fingerprint density at radius 2 is 1.79 bits per heavy atom. The molecule has 0 saturated carbocycles. The Morgan fingerprint density at radius 3 is 2.45 bits per heavy atom. The molecule has 0 aromatic heterocycles. The number of thioether (sulfide) groups is 1. The molecule has 1 amide bonds. The van der Waals surface area contributed by atoms with E-state index in [2.05, 4.69) is 23.5 Å². The van der Waals surface area contributed by atoms with E-state index in [1.165, 1.54) is 34.7 Å². The molecule has 0 bridgehead atoms. The Labute approximate surface area is 175 Å². The van der Waals surface area contributed by atoms with E-state index >= 15 is 0 Å². The van der Waals surface area contributed by atoms with Gasteiger partial charge in [-0.3, -0.25) is 4.79 Å². The molecule has 0 aliphatic carbocycles. The molecule has 0 unspecified atom stereocenters. The van der Waals surface area contributed by atoms with Crippen LogP contribution in [0.15, 0.2) is 77.7 Å². The molecule has 0 heterocycles. The van der Waals surface area contributed by atoms with Crippen LogP contribution >= 0.6 is 11.8 Å². The predicted octanol–water partition coefficient (Wildman–Crippen LogP) is 6.22. The summed E-state index contributed by atoms with van der Waals surface area (Å²) in [6.45, 7) is 3.86. The lowest BCUT2D eigenvalue weighted by Crippen LogP contribution is -2.32. The summed E-state index contributed by atoms with van der Waals surface area (Å²) in [5, 5.41) is 2.95. The monoisotopic (exact) mass is 409 g/mol. The van der Waals surface area contributed by atoms with Crippen LogP contribution in [-0.4, -0.2) is 12.0 Å². The van der Waals surface area contributed by atoms with Crippen LogP contribution in [0.5, 0.6) is 5.75 Å². The first kappa shape index (κ1) is 20.9. The van der Waals surface area contributed by atoms with Crippen molar-refractivity contribution in [3.8, 4) is 5.75 Å². The molecule has 0 fully saturated rings. The number of hydrogen-bond acceptors (Lipinski definition) is 3. The zero-order chi connectivity index (χ0) is 20.6. The number of anilines is 1. The smallest absolute Gasteiger partial charge is 0.265 e. The van der Waals surface area contributed by atoms with Crippen molar-refractivity contribution in [2.24, 2.45) is 0 Å². The van der Waals surface area contributed by atoms with Crippen LogP contribution in [0.3, 0.4) is 0 Å². The Bertz CT molecular complexity index is 945. The minimum Gasteiger partial charge on any atom is -0.481 e. The van der Waals surface area contributed by atoms with Crippen molar-refractivity contribution in [2.45, 2.75) is 37.0 Å². The fourth-order valence-electron chi connectivity index (χ4n) is 2.85. The summed E-state index contributed by atoms with van der Waals surface area (Å²) >= 11 is 1.78. The molecular weight excluding hydrogens is 385 g/mol. The molecule has 1 atom stereocenters. The van der Waals surface area contributed by atoms with Crippen molar-refractivity contribution in [3.63, 3.8) is 0 Å². The van der Waals surface area contributed by atoms with Crippen LogP contribution < -0.4 is 10.1 Å². The van der Waals surface area contributed by atoms with Gasteiger partial charge >= 0.3 is 0 Å². The second-order valence-corrected chi connectivity index (χ2v) is 7.76. The number of hydrogen-bond donors (Lipinski definition) is 1. The summed E-state index contributed by atoms with van der Waals surface area (Å²) < 4.78 is 18.8. The number of carbonyl (C=O) groups excluding carboxylic acids is 1. The normalized spacial score (nSPS) is 11.7. The molecular formula is C24H24FNO2S. The van der Waals surface area contributed by atoms with E-state index in [0.717, 1.165) is 17.0 Å². The average Bonchev–Trinajstić information content (AvgIpc) is 2.74. The van der Waals surface area contributed by atoms with Gasteiger partial charge in [0.1, 0.15) is 11.6 Å². The van der Waals surface area contributed by atoms with Crippen molar-refractivity contribution in [2.75, 3.05) is 5.32 Å².